The van der Waals surface area contributed by atoms with Crippen molar-refractivity contribution in [1.82, 2.24) is 15.2 Å². The molecule has 3 heterocycles. The van der Waals surface area contributed by atoms with Crippen molar-refractivity contribution in [2.45, 2.75) is 18.5 Å². The van der Waals surface area contributed by atoms with E-state index in [0.29, 0.717) is 0 Å². The molecule has 2 atom stereocenters. The molecule has 2 unspecified atom stereocenters. The highest BCUT2D eigenvalue weighted by Gasteiger charge is 2.22. The molecule has 0 radical (unpaired) electrons. The highest BCUT2D eigenvalue weighted by molar-refractivity contribution is 7.25. The molecule has 2 aromatic heterocycles. The molecular formula is C39H29N4S-. The quantitative estimate of drug-likeness (QED) is 0.216. The van der Waals surface area contributed by atoms with Crippen molar-refractivity contribution in [3.05, 3.63) is 168 Å². The lowest BCUT2D eigenvalue weighted by Gasteiger charge is -2.50. The maximum Gasteiger partial charge on any atom is 0.0814 e. The Morgan fingerprint density at radius 3 is 1.80 bits per heavy atom. The predicted octanol–water partition coefficient (Wildman–Crippen LogP) is 10.1. The SMILES string of the molecule is c1ccc(C2[N-]C(c3ccccc3)NC(c3ccc(-n4c5ccccc5c5cc6sc7ccccc7c6cc54)cc3)N2)cc1. The zero-order valence-corrected chi connectivity index (χ0v) is 24.7. The van der Waals surface area contributed by atoms with Gasteiger partial charge in [0.05, 0.1) is 17.2 Å². The number of nitrogens with zero attached hydrogens (tertiary/aromatic N) is 2. The molecule has 212 valence electrons. The van der Waals surface area contributed by atoms with E-state index in [1.54, 1.807) is 0 Å². The standard InChI is InChI=1S/C39H29N4S/c1-3-11-25(12-4-1)37-40-38(26-13-5-2-6-14-26)42-39(41-37)27-19-21-28(22-20-27)43-33-17-9-7-15-29(33)31-24-36-32(23-34(31)43)30-16-8-10-18-35(30)44-36/h1-24,37-39,41-42H/q-1. The van der Waals surface area contributed by atoms with Crippen LogP contribution in [0.3, 0.4) is 0 Å². The molecule has 1 saturated heterocycles. The number of para-hydroxylation sites is 1. The first-order chi connectivity index (χ1) is 21.8. The number of fused-ring (bicyclic) bond motifs is 6. The molecule has 1 aliphatic rings. The highest BCUT2D eigenvalue weighted by Crippen LogP contribution is 2.41. The van der Waals surface area contributed by atoms with E-state index >= 15 is 0 Å². The maximum atomic E-state index is 5.14. The van der Waals surface area contributed by atoms with E-state index in [-0.39, 0.29) is 18.5 Å². The molecule has 0 aliphatic carbocycles. The fourth-order valence-corrected chi connectivity index (χ4v) is 7.83. The van der Waals surface area contributed by atoms with E-state index in [9.17, 15) is 0 Å². The van der Waals surface area contributed by atoms with Gasteiger partial charge in [-0.15, -0.1) is 11.3 Å². The van der Waals surface area contributed by atoms with Crippen molar-refractivity contribution in [3.8, 4) is 5.69 Å². The Hall–Kier alpha value is -4.78. The molecule has 0 amide bonds. The topological polar surface area (TPSA) is 43.1 Å². The van der Waals surface area contributed by atoms with Crippen LogP contribution < -0.4 is 10.6 Å². The van der Waals surface area contributed by atoms with Gasteiger partial charge in [0.25, 0.3) is 0 Å². The molecule has 5 heteroatoms. The molecule has 0 spiro atoms. The summed E-state index contributed by atoms with van der Waals surface area (Å²) >= 11 is 1.87. The van der Waals surface area contributed by atoms with Gasteiger partial charge in [-0.25, -0.2) is 0 Å². The monoisotopic (exact) mass is 585 g/mol. The zero-order valence-electron chi connectivity index (χ0n) is 23.9. The third kappa shape index (κ3) is 4.25. The van der Waals surface area contributed by atoms with E-state index in [2.05, 4.69) is 161 Å². The van der Waals surface area contributed by atoms with Crippen LogP contribution in [0.4, 0.5) is 0 Å². The minimum Gasteiger partial charge on any atom is -0.624 e. The summed E-state index contributed by atoms with van der Waals surface area (Å²) in [6.07, 6.45) is -0.299. The lowest BCUT2D eigenvalue weighted by molar-refractivity contribution is 0.316. The van der Waals surface area contributed by atoms with E-state index in [4.69, 9.17) is 5.32 Å². The summed E-state index contributed by atoms with van der Waals surface area (Å²) in [4.78, 5) is 0. The number of hydrogen-bond acceptors (Lipinski definition) is 3. The Morgan fingerprint density at radius 2 is 1.09 bits per heavy atom. The molecule has 1 aliphatic heterocycles. The smallest absolute Gasteiger partial charge is 0.0814 e. The van der Waals surface area contributed by atoms with Crippen LogP contribution >= 0.6 is 11.3 Å². The van der Waals surface area contributed by atoms with Gasteiger partial charge < -0.3 is 20.5 Å². The summed E-state index contributed by atoms with van der Waals surface area (Å²) in [6, 6.07) is 52.2. The van der Waals surface area contributed by atoms with Gasteiger partial charge >= 0.3 is 0 Å². The number of benzene rings is 6. The summed E-state index contributed by atoms with van der Waals surface area (Å²) in [5, 5.41) is 17.8. The van der Waals surface area contributed by atoms with E-state index in [1.807, 2.05) is 11.3 Å². The van der Waals surface area contributed by atoms with Crippen LogP contribution in [-0.4, -0.2) is 4.57 Å². The van der Waals surface area contributed by atoms with Crippen LogP contribution in [0, 0.1) is 0 Å². The number of rotatable bonds is 4. The fourth-order valence-electron chi connectivity index (χ4n) is 6.71. The Morgan fingerprint density at radius 1 is 0.477 bits per heavy atom. The van der Waals surface area contributed by atoms with Gasteiger partial charge in [0.2, 0.25) is 0 Å². The average molecular weight is 586 g/mol. The van der Waals surface area contributed by atoms with Crippen LogP contribution in [0.1, 0.15) is 35.2 Å². The number of thiophene rings is 1. The van der Waals surface area contributed by atoms with Crippen molar-refractivity contribution in [2.24, 2.45) is 0 Å². The molecule has 6 aromatic carbocycles. The van der Waals surface area contributed by atoms with Crippen molar-refractivity contribution in [1.29, 1.82) is 0 Å². The summed E-state index contributed by atoms with van der Waals surface area (Å²) in [6.45, 7) is 0. The first-order valence-electron chi connectivity index (χ1n) is 15.1. The third-order valence-electron chi connectivity index (χ3n) is 8.83. The Balaban J connectivity index is 1.14. The van der Waals surface area contributed by atoms with Gasteiger partial charge in [0.15, 0.2) is 0 Å². The molecule has 0 saturated carbocycles. The molecular weight excluding hydrogens is 557 g/mol. The first kappa shape index (κ1) is 25.7. The maximum absolute atomic E-state index is 5.14. The van der Waals surface area contributed by atoms with E-state index < -0.39 is 0 Å². The normalized spacial score (nSPS) is 18.9. The van der Waals surface area contributed by atoms with Gasteiger partial charge in [0, 0.05) is 36.6 Å². The average Bonchev–Trinajstić information content (AvgIpc) is 3.63. The Labute approximate surface area is 259 Å². The number of hydrogen-bond donors (Lipinski definition) is 2. The molecule has 44 heavy (non-hydrogen) atoms. The van der Waals surface area contributed by atoms with Gasteiger partial charge in [-0.1, -0.05) is 133 Å². The van der Waals surface area contributed by atoms with Crippen LogP contribution in [-0.2, 0) is 0 Å². The molecule has 0 bridgehead atoms. The van der Waals surface area contributed by atoms with Crippen molar-refractivity contribution in [2.75, 3.05) is 0 Å². The Kier molecular flexibility index (Phi) is 6.10. The summed E-state index contributed by atoms with van der Waals surface area (Å²) in [7, 11) is 0. The molecule has 4 nitrogen and oxygen atoms in total. The predicted molar refractivity (Wildman–Crippen MR) is 184 cm³/mol. The van der Waals surface area contributed by atoms with Crippen LogP contribution in [0.2, 0.25) is 0 Å². The zero-order chi connectivity index (χ0) is 29.0. The molecule has 9 rings (SSSR count). The number of aromatic nitrogens is 1. The van der Waals surface area contributed by atoms with Gasteiger partial charge in [0.1, 0.15) is 0 Å². The lowest BCUT2D eigenvalue weighted by Crippen LogP contribution is -2.44. The minimum absolute atomic E-state index is 0.0630. The van der Waals surface area contributed by atoms with Crippen LogP contribution in [0.25, 0.3) is 53.0 Å². The summed E-state index contributed by atoms with van der Waals surface area (Å²) in [5.74, 6) is 0. The van der Waals surface area contributed by atoms with Gasteiger partial charge in [-0.3, -0.25) is 0 Å². The largest absolute Gasteiger partial charge is 0.624 e. The fraction of sp³-hybridized carbons (Fsp3) is 0.0769. The molecule has 8 aromatic rings. The van der Waals surface area contributed by atoms with E-state index in [0.717, 1.165) is 16.8 Å². The van der Waals surface area contributed by atoms with Gasteiger partial charge in [-0.05, 0) is 42.0 Å². The van der Waals surface area contributed by atoms with E-state index in [1.165, 1.54) is 47.5 Å². The molecule has 1 fully saturated rings. The molecule has 2 N–H and O–H groups in total. The summed E-state index contributed by atoms with van der Waals surface area (Å²) < 4.78 is 5.08. The van der Waals surface area contributed by atoms with Crippen molar-refractivity contribution in [3.63, 3.8) is 0 Å². The van der Waals surface area contributed by atoms with Crippen LogP contribution in [0.5, 0.6) is 0 Å². The second-order valence-electron chi connectivity index (χ2n) is 11.4. The summed E-state index contributed by atoms with van der Waals surface area (Å²) in [5.41, 5.74) is 7.11. The highest BCUT2D eigenvalue weighted by atomic mass is 32.1. The lowest BCUT2D eigenvalue weighted by atomic mass is 10.0. The number of nitrogens with one attached hydrogen (secondary N) is 2. The van der Waals surface area contributed by atoms with Gasteiger partial charge in [-0.2, -0.15) is 0 Å². The van der Waals surface area contributed by atoms with Crippen LogP contribution in [0.15, 0.2) is 146 Å². The second-order valence-corrected chi connectivity index (χ2v) is 12.5. The Bertz CT molecular complexity index is 2220. The third-order valence-corrected chi connectivity index (χ3v) is 9.97. The minimum atomic E-state index is -0.118. The van der Waals surface area contributed by atoms with Crippen molar-refractivity contribution < 1.29 is 0 Å². The second kappa shape index (κ2) is 10.4. The first-order valence-corrected chi connectivity index (χ1v) is 15.9. The van der Waals surface area contributed by atoms with Crippen molar-refractivity contribution >= 4 is 53.3 Å².